The second-order valence-electron chi connectivity index (χ2n) is 4.46. The van der Waals surface area contributed by atoms with E-state index in [1.807, 2.05) is 0 Å². The molecule has 0 atom stereocenters. The van der Waals surface area contributed by atoms with E-state index >= 15 is 0 Å². The van der Waals surface area contributed by atoms with E-state index in [1.54, 1.807) is 6.08 Å². The summed E-state index contributed by atoms with van der Waals surface area (Å²) in [5.74, 6) is -0.959. The molecule has 0 fully saturated rings. The van der Waals surface area contributed by atoms with Gasteiger partial charge in [0.15, 0.2) is 0 Å². The molecule has 0 spiro atoms. The molecule has 0 aromatic carbocycles. The third-order valence-corrected chi connectivity index (χ3v) is 3.30. The smallest absolute Gasteiger partial charge is 0.859 e. The van der Waals surface area contributed by atoms with Crippen molar-refractivity contribution in [2.24, 2.45) is 4.99 Å². The summed E-state index contributed by atoms with van der Waals surface area (Å²) in [5.41, 5.74) is 0. The minimum Gasteiger partial charge on any atom is -0.859 e. The van der Waals surface area contributed by atoms with Crippen LogP contribution >= 0.6 is 0 Å². The summed E-state index contributed by atoms with van der Waals surface area (Å²) in [6, 6.07) is 0. The van der Waals surface area contributed by atoms with Crippen molar-refractivity contribution in [2.75, 3.05) is 12.3 Å². The van der Waals surface area contributed by atoms with E-state index in [1.165, 1.54) is 38.2 Å². The molecule has 0 rings (SSSR count). The van der Waals surface area contributed by atoms with Crippen LogP contribution in [0, 0.1) is 0 Å². The maximum absolute atomic E-state index is 11.2. The van der Waals surface area contributed by atoms with Crippen LogP contribution in [0.5, 0.6) is 0 Å². The first-order valence-corrected chi connectivity index (χ1v) is 8.40. The summed E-state index contributed by atoms with van der Waals surface area (Å²) in [6.45, 7) is 1.99. The summed E-state index contributed by atoms with van der Waals surface area (Å²) in [4.78, 5) is 3.50. The second kappa shape index (κ2) is 14.1. The van der Waals surface area contributed by atoms with Gasteiger partial charge in [0.2, 0.25) is 0 Å². The summed E-state index contributed by atoms with van der Waals surface area (Å²) in [5, 5.41) is 11.2. The third-order valence-electron chi connectivity index (χ3n) is 2.60. The zero-order chi connectivity index (χ0) is 14.6. The quantitative estimate of drug-likeness (QED) is 0.173. The normalized spacial score (nSPS) is 12.6. The zero-order valence-corrected chi connectivity index (χ0v) is 15.4. The van der Waals surface area contributed by atoms with E-state index < -0.39 is 21.8 Å². The average Bonchev–Trinajstić information content (AvgIpc) is 2.31. The van der Waals surface area contributed by atoms with Gasteiger partial charge in [0, 0.05) is 0 Å². The Hall–Kier alpha value is 0.120. The monoisotopic (exact) mass is 313 g/mol. The molecule has 112 valence electrons. The van der Waals surface area contributed by atoms with Gasteiger partial charge in [-0.2, -0.15) is 8.42 Å². The number of hydrogen-bond donors (Lipinski definition) is 1. The number of rotatable bonds is 11. The van der Waals surface area contributed by atoms with E-state index in [4.69, 9.17) is 4.55 Å². The summed E-state index contributed by atoms with van der Waals surface area (Å²) < 4.78 is 29.2. The van der Waals surface area contributed by atoms with E-state index in [-0.39, 0.29) is 36.1 Å². The fraction of sp³-hybridized carbons (Fsp3) is 0.769. The molecule has 0 saturated heterocycles. The molecule has 5 nitrogen and oxygen atoms in total. The van der Waals surface area contributed by atoms with Gasteiger partial charge in [0.05, 0.1) is 12.3 Å². The van der Waals surface area contributed by atoms with Crippen molar-refractivity contribution < 1.29 is 47.6 Å². The van der Waals surface area contributed by atoms with Crippen LogP contribution < -0.4 is 34.7 Å². The Morgan fingerprint density at radius 3 is 2.40 bits per heavy atom. The molecule has 0 heterocycles. The van der Waals surface area contributed by atoms with Crippen molar-refractivity contribution in [1.29, 1.82) is 0 Å². The zero-order valence-electron chi connectivity index (χ0n) is 12.5. The SMILES string of the molecule is CCCCCCCC/C=C/C([O-])=NCCS(=O)(=O)O.[Na+]. The van der Waals surface area contributed by atoms with Gasteiger partial charge >= 0.3 is 29.6 Å². The maximum atomic E-state index is 11.2. The maximum Gasteiger partial charge on any atom is 1.00 e. The van der Waals surface area contributed by atoms with E-state index in [2.05, 4.69) is 11.9 Å². The number of aliphatic imine (C=N–C) groups is 1. The Labute approximate surface area is 144 Å². The van der Waals surface area contributed by atoms with Crippen LogP contribution in [-0.4, -0.2) is 31.2 Å². The topological polar surface area (TPSA) is 89.8 Å². The minimum atomic E-state index is -4.03. The van der Waals surface area contributed by atoms with Gasteiger partial charge in [-0.1, -0.05) is 51.2 Å². The third kappa shape index (κ3) is 18.1. The van der Waals surface area contributed by atoms with Crippen LogP contribution in [0.15, 0.2) is 17.1 Å². The Kier molecular flexibility index (Phi) is 15.8. The molecule has 0 amide bonds. The van der Waals surface area contributed by atoms with Crippen LogP contribution in [0.25, 0.3) is 0 Å². The van der Waals surface area contributed by atoms with Gasteiger partial charge < -0.3 is 5.11 Å². The van der Waals surface area contributed by atoms with Crippen molar-refractivity contribution in [3.05, 3.63) is 12.2 Å². The minimum absolute atomic E-state index is 0. The molecule has 0 unspecified atom stereocenters. The molecule has 20 heavy (non-hydrogen) atoms. The fourth-order valence-electron chi connectivity index (χ4n) is 1.55. The van der Waals surface area contributed by atoms with Crippen molar-refractivity contribution in [3.8, 4) is 0 Å². The van der Waals surface area contributed by atoms with Gasteiger partial charge in [0.25, 0.3) is 10.1 Å². The molecule has 0 radical (unpaired) electrons. The van der Waals surface area contributed by atoms with Crippen LogP contribution in [0.4, 0.5) is 0 Å². The number of nitrogens with zero attached hydrogens (tertiary/aromatic N) is 1. The van der Waals surface area contributed by atoms with E-state index in [0.29, 0.717) is 0 Å². The van der Waals surface area contributed by atoms with Crippen molar-refractivity contribution in [3.63, 3.8) is 0 Å². The number of unbranched alkanes of at least 4 members (excludes halogenated alkanes) is 6. The van der Waals surface area contributed by atoms with E-state index in [0.717, 1.165) is 12.8 Å². The van der Waals surface area contributed by atoms with Crippen molar-refractivity contribution >= 4 is 16.0 Å². The molecule has 0 aliphatic rings. The van der Waals surface area contributed by atoms with Crippen LogP contribution in [-0.2, 0) is 10.1 Å². The van der Waals surface area contributed by atoms with Gasteiger partial charge in [0.1, 0.15) is 0 Å². The first-order chi connectivity index (χ1) is 8.95. The molecule has 0 aromatic rings. The molecule has 0 aromatic heterocycles. The summed E-state index contributed by atoms with van der Waals surface area (Å²) in [7, 11) is -4.03. The molecule has 0 saturated carbocycles. The molecule has 7 heteroatoms. The standard InChI is InChI=1S/C13H25NO4S.Na/c1-2-3-4-5-6-7-8-9-10-13(15)14-11-12-19(16,17)18;/h9-10H,2-8,11-12H2,1H3,(H,14,15)(H,16,17,18);/q;+1/p-1/b10-9+;. The van der Waals surface area contributed by atoms with Crippen molar-refractivity contribution in [1.82, 2.24) is 0 Å². The van der Waals surface area contributed by atoms with Gasteiger partial charge in [-0.25, -0.2) is 0 Å². The first-order valence-electron chi connectivity index (χ1n) is 6.79. The Morgan fingerprint density at radius 1 is 1.20 bits per heavy atom. The Balaban J connectivity index is 0. The average molecular weight is 313 g/mol. The molecular weight excluding hydrogens is 289 g/mol. The summed E-state index contributed by atoms with van der Waals surface area (Å²) >= 11 is 0. The molecule has 0 bridgehead atoms. The fourth-order valence-corrected chi connectivity index (χ4v) is 1.87. The van der Waals surface area contributed by atoms with Gasteiger partial charge in [-0.15, -0.1) is 0 Å². The van der Waals surface area contributed by atoms with Gasteiger partial charge in [-0.3, -0.25) is 9.55 Å². The van der Waals surface area contributed by atoms with Crippen LogP contribution in [0.2, 0.25) is 0 Å². The van der Waals surface area contributed by atoms with E-state index in [9.17, 15) is 13.5 Å². The van der Waals surface area contributed by atoms with Crippen LogP contribution in [0.1, 0.15) is 51.9 Å². The number of allylic oxidation sites excluding steroid dienone is 1. The Bertz CT molecular complexity index is 380. The Morgan fingerprint density at radius 2 is 1.80 bits per heavy atom. The molecule has 0 aliphatic heterocycles. The van der Waals surface area contributed by atoms with Crippen LogP contribution in [0.3, 0.4) is 0 Å². The second-order valence-corrected chi connectivity index (χ2v) is 6.04. The molecule has 1 N–H and O–H groups in total. The predicted octanol–water partition coefficient (Wildman–Crippen LogP) is -1.06. The number of hydrogen-bond acceptors (Lipinski definition) is 4. The summed E-state index contributed by atoms with van der Waals surface area (Å²) in [6.07, 6.45) is 11.2. The molecular formula is C13H24NNaO4S. The molecule has 0 aliphatic carbocycles. The predicted molar refractivity (Wildman–Crippen MR) is 75.9 cm³/mol. The first kappa shape index (κ1) is 22.4. The largest absolute Gasteiger partial charge is 1.00 e. The van der Waals surface area contributed by atoms with Gasteiger partial charge in [-0.05, 0) is 18.7 Å². The van der Waals surface area contributed by atoms with Crippen molar-refractivity contribution in [2.45, 2.75) is 51.9 Å².